The molecule has 1 amide bonds. The largest absolute Gasteiger partial charge is 0.457 e. The second-order valence-corrected chi connectivity index (χ2v) is 4.41. The van der Waals surface area contributed by atoms with Crippen molar-refractivity contribution in [2.24, 2.45) is 0 Å². The number of halogens is 1. The topological polar surface area (TPSA) is 42.7 Å². The molecule has 1 rings (SSSR count). The van der Waals surface area contributed by atoms with Crippen molar-refractivity contribution < 1.29 is 13.9 Å². The van der Waals surface area contributed by atoms with Crippen LogP contribution in [-0.4, -0.2) is 37.1 Å². The van der Waals surface area contributed by atoms with E-state index in [2.05, 4.69) is 15.9 Å². The number of ether oxygens (including phenoxy) is 1. The van der Waals surface area contributed by atoms with Crippen LogP contribution in [0.25, 0.3) is 0 Å². The van der Waals surface area contributed by atoms with Crippen LogP contribution in [0.1, 0.15) is 24.2 Å². The maximum absolute atomic E-state index is 12.2. The lowest BCUT2D eigenvalue weighted by Gasteiger charge is -2.26. The molecule has 90 valence electrons. The van der Waals surface area contributed by atoms with Crippen LogP contribution in [0.4, 0.5) is 0 Å². The van der Waals surface area contributed by atoms with Gasteiger partial charge in [0.05, 0.1) is 18.4 Å². The van der Waals surface area contributed by atoms with Crippen molar-refractivity contribution in [1.29, 1.82) is 0 Å². The first kappa shape index (κ1) is 13.3. The number of hydrogen-bond acceptors (Lipinski definition) is 3. The number of amides is 1. The Bertz CT molecular complexity index is 349. The quantitative estimate of drug-likeness (QED) is 0.837. The van der Waals surface area contributed by atoms with Gasteiger partial charge in [0.25, 0.3) is 5.91 Å². The van der Waals surface area contributed by atoms with Crippen molar-refractivity contribution in [1.82, 2.24) is 4.90 Å². The summed E-state index contributed by atoms with van der Waals surface area (Å²) < 4.78 is 10.5. The zero-order valence-electron chi connectivity index (χ0n) is 9.70. The lowest BCUT2D eigenvalue weighted by Crippen LogP contribution is -2.39. The lowest BCUT2D eigenvalue weighted by atomic mass is 10.2. The van der Waals surface area contributed by atoms with Gasteiger partial charge in [0.1, 0.15) is 0 Å². The van der Waals surface area contributed by atoms with Crippen LogP contribution in [-0.2, 0) is 4.74 Å². The van der Waals surface area contributed by atoms with E-state index >= 15 is 0 Å². The highest BCUT2D eigenvalue weighted by molar-refractivity contribution is 9.10. The highest BCUT2D eigenvalue weighted by Crippen LogP contribution is 2.20. The standard InChI is InChI=1S/C11H16BrNO3/c1-8(2)13(5-7-15-3)11(14)9-4-6-16-10(9)12/h4,6,8H,5,7H2,1-3H3. The zero-order valence-corrected chi connectivity index (χ0v) is 11.3. The minimum absolute atomic E-state index is 0.0484. The summed E-state index contributed by atoms with van der Waals surface area (Å²) >= 11 is 3.21. The van der Waals surface area contributed by atoms with E-state index in [4.69, 9.17) is 9.15 Å². The minimum Gasteiger partial charge on any atom is -0.457 e. The summed E-state index contributed by atoms with van der Waals surface area (Å²) in [6.07, 6.45) is 1.49. The molecule has 4 nitrogen and oxygen atoms in total. The fourth-order valence-electron chi connectivity index (χ4n) is 1.38. The predicted octanol–water partition coefficient (Wildman–Crippen LogP) is 2.54. The highest BCUT2D eigenvalue weighted by Gasteiger charge is 2.21. The summed E-state index contributed by atoms with van der Waals surface area (Å²) in [5, 5.41) is 0. The lowest BCUT2D eigenvalue weighted by molar-refractivity contribution is 0.0633. The first-order valence-corrected chi connectivity index (χ1v) is 5.90. The van der Waals surface area contributed by atoms with E-state index in [1.807, 2.05) is 13.8 Å². The Kier molecular flexibility index (Phi) is 5.02. The third-order valence-electron chi connectivity index (χ3n) is 2.27. The molecule has 0 N–H and O–H groups in total. The first-order chi connectivity index (χ1) is 7.57. The van der Waals surface area contributed by atoms with Crippen molar-refractivity contribution in [2.45, 2.75) is 19.9 Å². The van der Waals surface area contributed by atoms with Gasteiger partial charge in [0, 0.05) is 19.7 Å². The molecule has 1 aromatic rings. The fraction of sp³-hybridized carbons (Fsp3) is 0.545. The SMILES string of the molecule is COCCN(C(=O)c1ccoc1Br)C(C)C. The Balaban J connectivity index is 2.79. The molecule has 0 saturated heterocycles. The number of furan rings is 1. The van der Waals surface area contributed by atoms with Gasteiger partial charge in [-0.15, -0.1) is 0 Å². The maximum atomic E-state index is 12.2. The van der Waals surface area contributed by atoms with E-state index in [1.54, 1.807) is 18.1 Å². The number of carbonyl (C=O) groups excluding carboxylic acids is 1. The smallest absolute Gasteiger partial charge is 0.258 e. The van der Waals surface area contributed by atoms with Gasteiger partial charge in [0.2, 0.25) is 0 Å². The van der Waals surface area contributed by atoms with Crippen LogP contribution in [0.2, 0.25) is 0 Å². The molecule has 1 heterocycles. The first-order valence-electron chi connectivity index (χ1n) is 5.10. The summed E-state index contributed by atoms with van der Waals surface area (Å²) in [4.78, 5) is 13.9. The maximum Gasteiger partial charge on any atom is 0.258 e. The third-order valence-corrected chi connectivity index (χ3v) is 2.88. The number of methoxy groups -OCH3 is 1. The van der Waals surface area contributed by atoms with Crippen LogP contribution < -0.4 is 0 Å². The molecule has 16 heavy (non-hydrogen) atoms. The molecule has 0 aliphatic heterocycles. The van der Waals surface area contributed by atoms with Crippen molar-refractivity contribution >= 4 is 21.8 Å². The van der Waals surface area contributed by atoms with Gasteiger partial charge in [-0.25, -0.2) is 0 Å². The van der Waals surface area contributed by atoms with E-state index in [-0.39, 0.29) is 11.9 Å². The summed E-state index contributed by atoms with van der Waals surface area (Å²) in [7, 11) is 1.62. The van der Waals surface area contributed by atoms with Crippen LogP contribution in [0.15, 0.2) is 21.4 Å². The van der Waals surface area contributed by atoms with Gasteiger partial charge in [-0.3, -0.25) is 4.79 Å². The van der Waals surface area contributed by atoms with Gasteiger partial charge < -0.3 is 14.1 Å². The molecular formula is C11H16BrNO3. The fourth-order valence-corrected chi connectivity index (χ4v) is 1.79. The molecule has 0 unspecified atom stereocenters. The van der Waals surface area contributed by atoms with E-state index in [0.717, 1.165) is 0 Å². The average Bonchev–Trinajstić information content (AvgIpc) is 2.64. The molecule has 0 atom stereocenters. The van der Waals surface area contributed by atoms with Crippen molar-refractivity contribution in [2.75, 3.05) is 20.3 Å². The zero-order chi connectivity index (χ0) is 12.1. The molecule has 0 radical (unpaired) electrons. The van der Waals surface area contributed by atoms with Crippen molar-refractivity contribution in [3.05, 3.63) is 22.6 Å². The van der Waals surface area contributed by atoms with Gasteiger partial charge in [-0.2, -0.15) is 0 Å². The van der Waals surface area contributed by atoms with Gasteiger partial charge in [0.15, 0.2) is 4.67 Å². The number of nitrogens with zero attached hydrogens (tertiary/aromatic N) is 1. The summed E-state index contributed by atoms with van der Waals surface area (Å²) in [6.45, 7) is 5.05. The Morgan fingerprint density at radius 2 is 2.31 bits per heavy atom. The monoisotopic (exact) mass is 289 g/mol. The minimum atomic E-state index is -0.0484. The number of carbonyl (C=O) groups is 1. The highest BCUT2D eigenvalue weighted by atomic mass is 79.9. The second kappa shape index (κ2) is 6.06. The van der Waals surface area contributed by atoms with E-state index in [9.17, 15) is 4.79 Å². The van der Waals surface area contributed by atoms with Crippen molar-refractivity contribution in [3.63, 3.8) is 0 Å². The van der Waals surface area contributed by atoms with Crippen LogP contribution in [0, 0.1) is 0 Å². The Morgan fingerprint density at radius 3 is 2.75 bits per heavy atom. The van der Waals surface area contributed by atoms with E-state index in [0.29, 0.717) is 23.4 Å². The summed E-state index contributed by atoms with van der Waals surface area (Å²) in [5.41, 5.74) is 0.546. The average molecular weight is 290 g/mol. The molecule has 0 aromatic carbocycles. The van der Waals surface area contributed by atoms with Crippen LogP contribution >= 0.6 is 15.9 Å². The van der Waals surface area contributed by atoms with Crippen LogP contribution in [0.5, 0.6) is 0 Å². The number of hydrogen-bond donors (Lipinski definition) is 0. The molecular weight excluding hydrogens is 274 g/mol. The Morgan fingerprint density at radius 1 is 1.62 bits per heavy atom. The predicted molar refractivity (Wildman–Crippen MR) is 64.5 cm³/mol. The molecule has 0 bridgehead atoms. The number of rotatable bonds is 5. The molecule has 0 aliphatic carbocycles. The molecule has 0 aliphatic rings. The summed E-state index contributed by atoms with van der Waals surface area (Å²) in [6, 6.07) is 1.79. The third kappa shape index (κ3) is 3.09. The molecule has 0 fully saturated rings. The van der Waals surface area contributed by atoms with Crippen LogP contribution in [0.3, 0.4) is 0 Å². The van der Waals surface area contributed by atoms with Gasteiger partial charge >= 0.3 is 0 Å². The van der Waals surface area contributed by atoms with E-state index < -0.39 is 0 Å². The summed E-state index contributed by atoms with van der Waals surface area (Å²) in [5.74, 6) is -0.0484. The molecule has 1 aromatic heterocycles. The molecule has 0 spiro atoms. The Hall–Kier alpha value is -0.810. The normalized spacial score (nSPS) is 10.8. The molecule has 0 saturated carbocycles. The van der Waals surface area contributed by atoms with Crippen molar-refractivity contribution in [3.8, 4) is 0 Å². The second-order valence-electron chi connectivity index (χ2n) is 3.69. The van der Waals surface area contributed by atoms with Gasteiger partial charge in [-0.1, -0.05) is 0 Å². The Labute approximate surface area is 104 Å². The van der Waals surface area contributed by atoms with Gasteiger partial charge in [-0.05, 0) is 35.8 Å². The molecule has 5 heteroatoms. The van der Waals surface area contributed by atoms with E-state index in [1.165, 1.54) is 6.26 Å².